The molecular weight excluding hydrogens is 267 g/mol. The summed E-state index contributed by atoms with van der Waals surface area (Å²) in [5, 5.41) is 0. The van der Waals surface area contributed by atoms with Gasteiger partial charge in [-0.15, -0.1) is 0 Å². The fourth-order valence-electron chi connectivity index (χ4n) is 2.54. The number of fused-ring (bicyclic) bond motifs is 1. The lowest BCUT2D eigenvalue weighted by Crippen LogP contribution is -2.32. The summed E-state index contributed by atoms with van der Waals surface area (Å²) in [6.07, 6.45) is -0.925. The van der Waals surface area contributed by atoms with Gasteiger partial charge in [0.2, 0.25) is 0 Å². The molecule has 1 aliphatic rings. The van der Waals surface area contributed by atoms with Crippen molar-refractivity contribution in [2.45, 2.75) is 31.6 Å². The Bertz CT molecular complexity index is 631. The zero-order valence-corrected chi connectivity index (χ0v) is 10.7. The molecule has 2 aromatic rings. The van der Waals surface area contributed by atoms with E-state index >= 15 is 0 Å². The molecule has 0 fully saturated rings. The molecule has 1 atom stereocenters. The van der Waals surface area contributed by atoms with Gasteiger partial charge in [-0.05, 0) is 25.0 Å². The summed E-state index contributed by atoms with van der Waals surface area (Å²) in [4.78, 5) is 4.27. The number of hydrogen-bond donors (Lipinski definition) is 1. The lowest BCUT2D eigenvalue weighted by atomic mass is 10.1. The van der Waals surface area contributed by atoms with Crippen molar-refractivity contribution in [3.05, 3.63) is 41.7 Å². The summed E-state index contributed by atoms with van der Waals surface area (Å²) in [6, 6.07) is 5.28. The van der Waals surface area contributed by atoms with E-state index in [1.807, 2.05) is 4.57 Å². The summed E-state index contributed by atoms with van der Waals surface area (Å²) in [6.45, 7) is 0.598. The number of benzene rings is 1. The van der Waals surface area contributed by atoms with E-state index in [9.17, 15) is 13.2 Å². The zero-order chi connectivity index (χ0) is 14.3. The molecule has 1 aromatic carbocycles. The standard InChI is InChI=1S/C14H14F3N3/c15-14(16,17)10-3-1-2-9(6-10)13-19-7-12-5-4-11(18)8-20(12)13/h1-3,6-7,11H,4-5,8,18H2. The summed E-state index contributed by atoms with van der Waals surface area (Å²) >= 11 is 0. The number of hydrogen-bond acceptors (Lipinski definition) is 2. The second-order valence-corrected chi connectivity index (χ2v) is 5.06. The molecule has 20 heavy (non-hydrogen) atoms. The normalized spacial score (nSPS) is 18.9. The monoisotopic (exact) mass is 281 g/mol. The maximum Gasteiger partial charge on any atom is 0.416 e. The largest absolute Gasteiger partial charge is 0.416 e. The number of halogens is 3. The van der Waals surface area contributed by atoms with Crippen molar-refractivity contribution >= 4 is 0 Å². The molecule has 0 bridgehead atoms. The lowest BCUT2D eigenvalue weighted by Gasteiger charge is -2.22. The SMILES string of the molecule is NC1CCc2cnc(-c3cccc(C(F)(F)F)c3)n2C1. The fourth-order valence-corrected chi connectivity index (χ4v) is 2.54. The number of rotatable bonds is 1. The Morgan fingerprint density at radius 2 is 2.10 bits per heavy atom. The Balaban J connectivity index is 2.04. The van der Waals surface area contributed by atoms with Gasteiger partial charge >= 0.3 is 6.18 Å². The minimum atomic E-state index is -4.34. The van der Waals surface area contributed by atoms with Gasteiger partial charge in [0, 0.05) is 30.0 Å². The molecule has 0 radical (unpaired) electrons. The van der Waals surface area contributed by atoms with Gasteiger partial charge < -0.3 is 10.3 Å². The van der Waals surface area contributed by atoms with E-state index in [0.29, 0.717) is 17.9 Å². The Morgan fingerprint density at radius 1 is 1.30 bits per heavy atom. The Hall–Kier alpha value is -1.82. The van der Waals surface area contributed by atoms with Crippen molar-refractivity contribution < 1.29 is 13.2 Å². The number of nitrogens with zero attached hydrogens (tertiary/aromatic N) is 2. The predicted molar refractivity (Wildman–Crippen MR) is 69.0 cm³/mol. The van der Waals surface area contributed by atoms with Crippen molar-refractivity contribution in [3.63, 3.8) is 0 Å². The van der Waals surface area contributed by atoms with Crippen LogP contribution in [0.4, 0.5) is 13.2 Å². The third-order valence-electron chi connectivity index (χ3n) is 3.57. The smallest absolute Gasteiger partial charge is 0.327 e. The van der Waals surface area contributed by atoms with Crippen molar-refractivity contribution in [3.8, 4) is 11.4 Å². The van der Waals surface area contributed by atoms with E-state index in [4.69, 9.17) is 5.73 Å². The zero-order valence-electron chi connectivity index (χ0n) is 10.7. The number of nitrogens with two attached hydrogens (primary N) is 1. The van der Waals surface area contributed by atoms with E-state index in [1.165, 1.54) is 6.07 Å². The van der Waals surface area contributed by atoms with Crippen molar-refractivity contribution in [1.29, 1.82) is 0 Å². The fraction of sp³-hybridized carbons (Fsp3) is 0.357. The van der Waals surface area contributed by atoms with Gasteiger partial charge in [-0.3, -0.25) is 0 Å². The summed E-state index contributed by atoms with van der Waals surface area (Å²) in [7, 11) is 0. The second-order valence-electron chi connectivity index (χ2n) is 5.06. The van der Waals surface area contributed by atoms with Crippen LogP contribution < -0.4 is 5.73 Å². The van der Waals surface area contributed by atoms with Gasteiger partial charge in [0.15, 0.2) is 0 Å². The number of alkyl halides is 3. The van der Waals surface area contributed by atoms with Gasteiger partial charge in [0.25, 0.3) is 0 Å². The van der Waals surface area contributed by atoms with Gasteiger partial charge in [-0.2, -0.15) is 13.2 Å². The summed E-state index contributed by atoms with van der Waals surface area (Å²) in [5.74, 6) is 0.557. The number of aromatic nitrogens is 2. The van der Waals surface area contributed by atoms with E-state index < -0.39 is 11.7 Å². The molecule has 2 N–H and O–H groups in total. The van der Waals surface area contributed by atoms with E-state index in [2.05, 4.69) is 4.98 Å². The van der Waals surface area contributed by atoms with E-state index in [1.54, 1.807) is 12.3 Å². The van der Waals surface area contributed by atoms with Crippen LogP contribution in [0.3, 0.4) is 0 Å². The van der Waals surface area contributed by atoms with Crippen LogP contribution in [0.1, 0.15) is 17.7 Å². The molecule has 6 heteroatoms. The first-order chi connectivity index (χ1) is 9.45. The molecule has 0 saturated carbocycles. The average molecular weight is 281 g/mol. The second kappa shape index (κ2) is 4.63. The van der Waals surface area contributed by atoms with Gasteiger partial charge in [0.1, 0.15) is 5.82 Å². The molecule has 1 aliphatic heterocycles. The first-order valence-electron chi connectivity index (χ1n) is 6.43. The van der Waals surface area contributed by atoms with Crippen LogP contribution in [0.25, 0.3) is 11.4 Å². The highest BCUT2D eigenvalue weighted by Crippen LogP contribution is 2.32. The average Bonchev–Trinajstić information content (AvgIpc) is 2.81. The number of aryl methyl sites for hydroxylation is 1. The van der Waals surface area contributed by atoms with Crippen LogP contribution >= 0.6 is 0 Å². The molecule has 3 nitrogen and oxygen atoms in total. The summed E-state index contributed by atoms with van der Waals surface area (Å²) < 4.78 is 40.2. The number of imidazole rings is 1. The predicted octanol–water partition coefficient (Wildman–Crippen LogP) is 2.84. The first-order valence-corrected chi connectivity index (χ1v) is 6.43. The van der Waals surface area contributed by atoms with Crippen molar-refractivity contribution in [2.75, 3.05) is 0 Å². The highest BCUT2D eigenvalue weighted by atomic mass is 19.4. The maximum atomic E-state index is 12.8. The topological polar surface area (TPSA) is 43.8 Å². The minimum Gasteiger partial charge on any atom is -0.327 e. The molecule has 2 heterocycles. The molecule has 0 saturated heterocycles. The molecule has 106 valence electrons. The van der Waals surface area contributed by atoms with Crippen LogP contribution in [-0.2, 0) is 19.1 Å². The Kier molecular flexibility index (Phi) is 3.05. The molecule has 1 unspecified atom stereocenters. The van der Waals surface area contributed by atoms with E-state index in [0.717, 1.165) is 30.7 Å². The lowest BCUT2D eigenvalue weighted by molar-refractivity contribution is -0.137. The Labute approximate surface area is 114 Å². The van der Waals surface area contributed by atoms with Crippen LogP contribution in [-0.4, -0.2) is 15.6 Å². The van der Waals surface area contributed by atoms with Crippen LogP contribution in [0.15, 0.2) is 30.5 Å². The molecule has 1 aromatic heterocycles. The molecule has 3 rings (SSSR count). The van der Waals surface area contributed by atoms with Crippen molar-refractivity contribution in [2.24, 2.45) is 5.73 Å². The van der Waals surface area contributed by atoms with Crippen LogP contribution in [0, 0.1) is 0 Å². The van der Waals surface area contributed by atoms with Gasteiger partial charge in [-0.25, -0.2) is 4.98 Å². The Morgan fingerprint density at radius 3 is 2.85 bits per heavy atom. The molecular formula is C14H14F3N3. The molecule has 0 aliphatic carbocycles. The quantitative estimate of drug-likeness (QED) is 0.873. The van der Waals surface area contributed by atoms with Crippen molar-refractivity contribution in [1.82, 2.24) is 9.55 Å². The van der Waals surface area contributed by atoms with Gasteiger partial charge in [-0.1, -0.05) is 12.1 Å². The van der Waals surface area contributed by atoms with Crippen LogP contribution in [0.2, 0.25) is 0 Å². The highest BCUT2D eigenvalue weighted by Gasteiger charge is 2.31. The van der Waals surface area contributed by atoms with Gasteiger partial charge in [0.05, 0.1) is 5.56 Å². The minimum absolute atomic E-state index is 0.0289. The highest BCUT2D eigenvalue weighted by molar-refractivity contribution is 5.58. The molecule has 0 amide bonds. The third kappa shape index (κ3) is 2.31. The first kappa shape index (κ1) is 13.2. The van der Waals surface area contributed by atoms with Crippen LogP contribution in [0.5, 0.6) is 0 Å². The third-order valence-corrected chi connectivity index (χ3v) is 3.57. The molecule has 0 spiro atoms. The maximum absolute atomic E-state index is 12.8. The van der Waals surface area contributed by atoms with E-state index in [-0.39, 0.29) is 6.04 Å². The summed E-state index contributed by atoms with van der Waals surface area (Å²) in [5.41, 5.74) is 6.77.